The van der Waals surface area contributed by atoms with Gasteiger partial charge in [-0.15, -0.1) is 0 Å². The maximum atomic E-state index is 13.5. The highest BCUT2D eigenvalue weighted by Crippen LogP contribution is 2.38. The number of nitrogen functional groups attached to an aromatic ring is 1. The van der Waals surface area contributed by atoms with Crippen LogP contribution < -0.4 is 16.0 Å². The smallest absolute Gasteiger partial charge is 0.382 e. The molecule has 10 nitrogen and oxygen atoms in total. The van der Waals surface area contributed by atoms with Crippen molar-refractivity contribution in [2.45, 2.75) is 34.3 Å². The first-order chi connectivity index (χ1) is 22.5. The van der Waals surface area contributed by atoms with Gasteiger partial charge in [-0.3, -0.25) is 10.2 Å². The van der Waals surface area contributed by atoms with E-state index in [4.69, 9.17) is 19.7 Å². The van der Waals surface area contributed by atoms with Gasteiger partial charge in [-0.2, -0.15) is 5.26 Å². The van der Waals surface area contributed by atoms with E-state index in [1.54, 1.807) is 30.3 Å². The number of nitrogens with zero attached hydrogens (tertiary/aromatic N) is 1. The monoisotopic (exact) mass is 629 g/mol. The lowest BCUT2D eigenvalue weighted by Gasteiger charge is -2.16. The van der Waals surface area contributed by atoms with Crippen molar-refractivity contribution >= 4 is 17.8 Å². The lowest BCUT2D eigenvalue weighted by molar-refractivity contribution is 0.0374. The second kappa shape index (κ2) is 13.4. The van der Waals surface area contributed by atoms with Gasteiger partial charge in [0.1, 0.15) is 36.0 Å². The van der Waals surface area contributed by atoms with Gasteiger partial charge < -0.3 is 19.0 Å². The summed E-state index contributed by atoms with van der Waals surface area (Å²) in [6, 6.07) is 22.2. The predicted octanol–water partition coefficient (Wildman–Crippen LogP) is 6.60. The van der Waals surface area contributed by atoms with Crippen LogP contribution in [0.15, 0.2) is 83.5 Å². The number of hydrogen-bond donors (Lipinski definition) is 3. The number of aryl methyl sites for hydroxylation is 2. The van der Waals surface area contributed by atoms with Crippen LogP contribution in [-0.4, -0.2) is 23.0 Å². The summed E-state index contributed by atoms with van der Waals surface area (Å²) in [5.74, 6) is 1.58. The number of ether oxygens (including phenoxy) is 2. The number of phenolic OH excluding ortho intramolecular Hbond substituents is 1. The van der Waals surface area contributed by atoms with Crippen molar-refractivity contribution in [3.8, 4) is 39.8 Å². The third-order valence-corrected chi connectivity index (χ3v) is 8.15. The number of nitrogens with one attached hydrogen (secondary N) is 1. The highest BCUT2D eigenvalue weighted by molar-refractivity contribution is 6.12. The number of nitrogens with two attached hydrogens (primary N) is 1. The quantitative estimate of drug-likeness (QED) is 0.0563. The average molecular weight is 630 g/mol. The van der Waals surface area contributed by atoms with E-state index in [1.807, 2.05) is 35.8 Å². The van der Waals surface area contributed by atoms with E-state index in [0.29, 0.717) is 34.6 Å². The van der Waals surface area contributed by atoms with E-state index in [1.165, 1.54) is 28.5 Å². The Morgan fingerprint density at radius 1 is 0.894 bits per heavy atom. The lowest BCUT2D eigenvalue weighted by Crippen LogP contribution is -2.32. The minimum atomic E-state index is -1.26. The van der Waals surface area contributed by atoms with Crippen LogP contribution in [0.3, 0.4) is 0 Å². The standard InChI is InChI=1S/C37H31N3O7/c1-20-15-21(2)23(4)29(22(20)3)18-45-26-12-8-11-25(16-26)30-19-46-34(32(30)24-9-6-5-7-10-24)37(44)47-36(43)27-13-14-31(41)28(17-38)33(27)35(42)40-39/h5-16,19,41H,18,39H2,1-4H3,(H,40,42). The van der Waals surface area contributed by atoms with Gasteiger partial charge in [-0.25, -0.2) is 15.4 Å². The molecule has 0 aliphatic carbocycles. The fourth-order valence-electron chi connectivity index (χ4n) is 5.40. The van der Waals surface area contributed by atoms with Gasteiger partial charge in [0.15, 0.2) is 0 Å². The molecule has 0 aliphatic rings. The Balaban J connectivity index is 1.49. The first kappa shape index (κ1) is 32.2. The molecule has 1 aromatic heterocycles. The summed E-state index contributed by atoms with van der Waals surface area (Å²) in [7, 11) is 0. The van der Waals surface area contributed by atoms with Gasteiger partial charge in [0.05, 0.1) is 11.1 Å². The number of hydrogen-bond acceptors (Lipinski definition) is 9. The van der Waals surface area contributed by atoms with Gasteiger partial charge >= 0.3 is 11.9 Å². The number of nitriles is 1. The maximum absolute atomic E-state index is 13.5. The van der Waals surface area contributed by atoms with Gasteiger partial charge in [-0.05, 0) is 90.9 Å². The van der Waals surface area contributed by atoms with Crippen molar-refractivity contribution in [2.75, 3.05) is 0 Å². The van der Waals surface area contributed by atoms with Crippen molar-refractivity contribution in [1.29, 1.82) is 5.26 Å². The van der Waals surface area contributed by atoms with E-state index in [9.17, 15) is 24.8 Å². The van der Waals surface area contributed by atoms with Gasteiger partial charge in [0, 0.05) is 11.1 Å². The summed E-state index contributed by atoms with van der Waals surface area (Å²) in [6.45, 7) is 8.69. The summed E-state index contributed by atoms with van der Waals surface area (Å²) in [4.78, 5) is 39.1. The van der Waals surface area contributed by atoms with Crippen LogP contribution in [0.4, 0.5) is 0 Å². The van der Waals surface area contributed by atoms with Gasteiger partial charge in [-0.1, -0.05) is 48.5 Å². The molecule has 5 aromatic rings. The average Bonchev–Trinajstić information content (AvgIpc) is 3.53. The Labute approximate surface area is 270 Å². The number of esters is 2. The molecule has 0 atom stereocenters. The van der Waals surface area contributed by atoms with Gasteiger partial charge in [0.2, 0.25) is 5.76 Å². The molecule has 4 N–H and O–H groups in total. The lowest BCUT2D eigenvalue weighted by atomic mass is 9.95. The molecule has 0 spiro atoms. The summed E-state index contributed by atoms with van der Waals surface area (Å²) in [6.07, 6.45) is 1.39. The van der Waals surface area contributed by atoms with Crippen LogP contribution in [-0.2, 0) is 11.3 Å². The normalized spacial score (nSPS) is 10.6. The summed E-state index contributed by atoms with van der Waals surface area (Å²) in [5.41, 5.74) is 8.39. The van der Waals surface area contributed by atoms with Crippen LogP contribution in [0.1, 0.15) is 64.7 Å². The Hall–Kier alpha value is -6.18. The maximum Gasteiger partial charge on any atom is 0.382 e. The Kier molecular flexibility index (Phi) is 9.21. The van der Waals surface area contributed by atoms with Gasteiger partial charge in [0.25, 0.3) is 5.91 Å². The van der Waals surface area contributed by atoms with Crippen molar-refractivity contribution in [3.05, 3.63) is 129 Å². The zero-order chi connectivity index (χ0) is 33.8. The molecule has 236 valence electrons. The van der Waals surface area contributed by atoms with E-state index in [2.05, 4.69) is 33.8 Å². The predicted molar refractivity (Wildman–Crippen MR) is 174 cm³/mol. The van der Waals surface area contributed by atoms with Crippen molar-refractivity contribution in [3.63, 3.8) is 0 Å². The minimum Gasteiger partial charge on any atom is -0.507 e. The second-order valence-electron chi connectivity index (χ2n) is 10.9. The molecule has 0 radical (unpaired) electrons. The SMILES string of the molecule is Cc1cc(C)c(C)c(COc2cccc(-c3coc(C(=O)OC(=O)c4ccc(O)c(C#N)c4C(=O)NN)c3-c3ccccc3)c2)c1C. The van der Waals surface area contributed by atoms with E-state index in [0.717, 1.165) is 17.7 Å². The molecule has 1 amide bonds. The number of rotatable bonds is 8. The summed E-state index contributed by atoms with van der Waals surface area (Å²) in [5, 5.41) is 19.5. The molecular weight excluding hydrogens is 598 g/mol. The summed E-state index contributed by atoms with van der Waals surface area (Å²) >= 11 is 0. The highest BCUT2D eigenvalue weighted by Gasteiger charge is 2.30. The van der Waals surface area contributed by atoms with Crippen LogP contribution in [0.25, 0.3) is 22.3 Å². The van der Waals surface area contributed by atoms with Crippen molar-refractivity contribution < 1.29 is 33.4 Å². The van der Waals surface area contributed by atoms with Crippen LogP contribution in [0.5, 0.6) is 11.5 Å². The Morgan fingerprint density at radius 3 is 2.23 bits per heavy atom. The first-order valence-electron chi connectivity index (χ1n) is 14.6. The molecule has 0 bridgehead atoms. The molecule has 0 saturated heterocycles. The molecule has 0 aliphatic heterocycles. The third-order valence-electron chi connectivity index (χ3n) is 8.15. The molecule has 0 fully saturated rings. The second-order valence-corrected chi connectivity index (χ2v) is 10.9. The molecule has 4 aromatic carbocycles. The molecule has 1 heterocycles. The van der Waals surface area contributed by atoms with Crippen molar-refractivity contribution in [2.24, 2.45) is 5.84 Å². The summed E-state index contributed by atoms with van der Waals surface area (Å²) < 4.78 is 17.1. The number of phenols is 1. The number of benzene rings is 4. The third kappa shape index (κ3) is 6.33. The zero-order valence-corrected chi connectivity index (χ0v) is 26.1. The number of aromatic hydroxyl groups is 1. The van der Waals surface area contributed by atoms with Crippen LogP contribution >= 0.6 is 0 Å². The Morgan fingerprint density at radius 2 is 1.57 bits per heavy atom. The van der Waals surface area contributed by atoms with E-state index < -0.39 is 40.3 Å². The van der Waals surface area contributed by atoms with Crippen molar-refractivity contribution in [1.82, 2.24) is 5.43 Å². The zero-order valence-electron chi connectivity index (χ0n) is 26.1. The number of carbonyl (C=O) groups is 3. The minimum absolute atomic E-state index is 0.267. The molecule has 5 rings (SSSR count). The van der Waals surface area contributed by atoms with Crippen LogP contribution in [0, 0.1) is 39.0 Å². The molecular formula is C37H31N3O7. The largest absolute Gasteiger partial charge is 0.507 e. The van der Waals surface area contributed by atoms with E-state index in [-0.39, 0.29) is 5.76 Å². The number of furan rings is 1. The molecule has 47 heavy (non-hydrogen) atoms. The number of carbonyl (C=O) groups excluding carboxylic acids is 3. The fraction of sp³-hybridized carbons (Fsp3) is 0.135. The molecule has 0 saturated carbocycles. The number of hydrazine groups is 1. The first-order valence-corrected chi connectivity index (χ1v) is 14.6. The van der Waals surface area contributed by atoms with E-state index >= 15 is 0 Å². The molecule has 0 unspecified atom stereocenters. The van der Waals surface area contributed by atoms with Crippen LogP contribution in [0.2, 0.25) is 0 Å². The highest BCUT2D eigenvalue weighted by atomic mass is 16.6. The topological polar surface area (TPSA) is 165 Å². The number of amides is 1. The molecule has 10 heteroatoms. The fourth-order valence-corrected chi connectivity index (χ4v) is 5.40. The Bertz CT molecular complexity index is 2050.